The van der Waals surface area contributed by atoms with Gasteiger partial charge in [-0.2, -0.15) is 0 Å². The molecule has 21 heavy (non-hydrogen) atoms. The Labute approximate surface area is 130 Å². The van der Waals surface area contributed by atoms with Crippen LogP contribution in [0, 0.1) is 5.92 Å². The van der Waals surface area contributed by atoms with E-state index >= 15 is 0 Å². The van der Waals surface area contributed by atoms with Crippen molar-refractivity contribution in [2.24, 2.45) is 5.92 Å². The third-order valence-electron chi connectivity index (χ3n) is 3.81. The van der Waals surface area contributed by atoms with Gasteiger partial charge < -0.3 is 10.0 Å². The summed E-state index contributed by atoms with van der Waals surface area (Å²) in [7, 11) is 0. The SMILES string of the molecule is CC(=O)SCC(C)C(=O)N(CC(=O)O)C1CCCCCC1. The molecule has 0 aliphatic heterocycles. The first-order chi connectivity index (χ1) is 9.91. The number of aliphatic carboxylic acids is 1. The minimum Gasteiger partial charge on any atom is -0.480 e. The minimum atomic E-state index is -0.973. The first-order valence-corrected chi connectivity index (χ1v) is 8.56. The van der Waals surface area contributed by atoms with E-state index in [4.69, 9.17) is 5.11 Å². The molecule has 1 rings (SSSR count). The predicted molar refractivity (Wildman–Crippen MR) is 83.1 cm³/mol. The maximum Gasteiger partial charge on any atom is 0.323 e. The molecule has 1 amide bonds. The van der Waals surface area contributed by atoms with E-state index in [1.807, 2.05) is 0 Å². The molecule has 0 bridgehead atoms. The highest BCUT2D eigenvalue weighted by molar-refractivity contribution is 8.13. The van der Waals surface area contributed by atoms with Crippen LogP contribution in [0.25, 0.3) is 0 Å². The molecule has 1 aliphatic carbocycles. The van der Waals surface area contributed by atoms with Gasteiger partial charge in [0, 0.05) is 24.6 Å². The topological polar surface area (TPSA) is 74.7 Å². The molecule has 0 aromatic heterocycles. The van der Waals surface area contributed by atoms with Crippen molar-refractivity contribution < 1.29 is 19.5 Å². The lowest BCUT2D eigenvalue weighted by Gasteiger charge is -2.32. The van der Waals surface area contributed by atoms with Crippen LogP contribution in [0.3, 0.4) is 0 Å². The van der Waals surface area contributed by atoms with E-state index in [1.54, 1.807) is 6.92 Å². The van der Waals surface area contributed by atoms with Crippen LogP contribution in [-0.2, 0) is 14.4 Å². The van der Waals surface area contributed by atoms with Gasteiger partial charge in [-0.15, -0.1) is 0 Å². The molecule has 0 aromatic carbocycles. The smallest absolute Gasteiger partial charge is 0.323 e. The number of thioether (sulfide) groups is 1. The highest BCUT2D eigenvalue weighted by Crippen LogP contribution is 2.24. The Bertz CT molecular complexity index is 378. The average molecular weight is 315 g/mol. The average Bonchev–Trinajstić information content (AvgIpc) is 2.70. The van der Waals surface area contributed by atoms with Gasteiger partial charge >= 0.3 is 5.97 Å². The molecule has 1 saturated carbocycles. The molecule has 1 N–H and O–H groups in total. The van der Waals surface area contributed by atoms with Crippen molar-refractivity contribution in [1.82, 2.24) is 4.90 Å². The Morgan fingerprint density at radius 2 is 1.76 bits per heavy atom. The summed E-state index contributed by atoms with van der Waals surface area (Å²) >= 11 is 1.12. The second-order valence-corrected chi connectivity index (χ2v) is 6.91. The first-order valence-electron chi connectivity index (χ1n) is 7.57. The lowest BCUT2D eigenvalue weighted by molar-refractivity contribution is -0.148. The number of amides is 1. The van der Waals surface area contributed by atoms with Crippen LogP contribution >= 0.6 is 11.8 Å². The summed E-state index contributed by atoms with van der Waals surface area (Å²) in [6.45, 7) is 3.00. The van der Waals surface area contributed by atoms with Gasteiger partial charge in [0.05, 0.1) is 0 Å². The number of carbonyl (C=O) groups excluding carboxylic acids is 2. The highest BCUT2D eigenvalue weighted by Gasteiger charge is 2.29. The Morgan fingerprint density at radius 3 is 2.24 bits per heavy atom. The summed E-state index contributed by atoms with van der Waals surface area (Å²) in [5, 5.41) is 9.06. The van der Waals surface area contributed by atoms with Crippen LogP contribution < -0.4 is 0 Å². The molecule has 6 heteroatoms. The predicted octanol–water partition coefficient (Wildman–Crippen LogP) is 2.54. The molecule has 0 saturated heterocycles. The Kier molecular flexibility index (Phi) is 7.78. The summed E-state index contributed by atoms with van der Waals surface area (Å²) < 4.78 is 0. The molecule has 120 valence electrons. The van der Waals surface area contributed by atoms with Crippen LogP contribution in [0.15, 0.2) is 0 Å². The lowest BCUT2D eigenvalue weighted by Crippen LogP contribution is -2.46. The summed E-state index contributed by atoms with van der Waals surface area (Å²) in [6.07, 6.45) is 6.16. The fraction of sp³-hybridized carbons (Fsp3) is 0.800. The zero-order chi connectivity index (χ0) is 15.8. The second kappa shape index (κ2) is 9.07. The maximum atomic E-state index is 12.5. The second-order valence-electron chi connectivity index (χ2n) is 5.71. The highest BCUT2D eigenvalue weighted by atomic mass is 32.2. The zero-order valence-electron chi connectivity index (χ0n) is 12.8. The number of carboxylic acid groups (broad SMARTS) is 1. The summed E-state index contributed by atoms with van der Waals surface area (Å²) in [4.78, 5) is 36.2. The Morgan fingerprint density at radius 1 is 1.19 bits per heavy atom. The number of carbonyl (C=O) groups is 3. The van der Waals surface area contributed by atoms with Crippen LogP contribution in [0.4, 0.5) is 0 Å². The fourth-order valence-electron chi connectivity index (χ4n) is 2.70. The molecular formula is C15H25NO4S. The van der Waals surface area contributed by atoms with E-state index in [9.17, 15) is 14.4 Å². The van der Waals surface area contributed by atoms with Crippen molar-refractivity contribution in [2.75, 3.05) is 12.3 Å². The van der Waals surface area contributed by atoms with Crippen LogP contribution in [-0.4, -0.2) is 45.3 Å². The monoisotopic (exact) mass is 315 g/mol. The Balaban J connectivity index is 2.72. The van der Waals surface area contributed by atoms with E-state index in [0.717, 1.165) is 50.3 Å². The molecule has 1 atom stereocenters. The first kappa shape index (κ1) is 18.0. The van der Waals surface area contributed by atoms with Gasteiger partial charge in [0.1, 0.15) is 6.54 Å². The van der Waals surface area contributed by atoms with Crippen molar-refractivity contribution in [3.63, 3.8) is 0 Å². The maximum absolute atomic E-state index is 12.5. The Hall–Kier alpha value is -1.04. The van der Waals surface area contributed by atoms with Gasteiger partial charge in [-0.3, -0.25) is 14.4 Å². The van der Waals surface area contributed by atoms with E-state index in [0.29, 0.717) is 5.75 Å². The molecular weight excluding hydrogens is 290 g/mol. The minimum absolute atomic E-state index is 0.0195. The van der Waals surface area contributed by atoms with Crippen LogP contribution in [0.5, 0.6) is 0 Å². The van der Waals surface area contributed by atoms with E-state index < -0.39 is 5.97 Å². The molecule has 1 fully saturated rings. The van der Waals surface area contributed by atoms with Gasteiger partial charge in [-0.25, -0.2) is 0 Å². The molecule has 0 aromatic rings. The van der Waals surface area contributed by atoms with E-state index in [-0.39, 0.29) is 29.5 Å². The third kappa shape index (κ3) is 6.50. The van der Waals surface area contributed by atoms with Crippen molar-refractivity contribution in [3.05, 3.63) is 0 Å². The molecule has 0 heterocycles. The van der Waals surface area contributed by atoms with E-state index in [2.05, 4.69) is 0 Å². The fourth-order valence-corrected chi connectivity index (χ4v) is 3.33. The van der Waals surface area contributed by atoms with Crippen molar-refractivity contribution in [3.8, 4) is 0 Å². The molecule has 1 aliphatic rings. The van der Waals surface area contributed by atoms with Gasteiger partial charge in [0.2, 0.25) is 5.91 Å². The molecule has 5 nitrogen and oxygen atoms in total. The summed E-state index contributed by atoms with van der Waals surface area (Å²) in [5.41, 5.74) is 0. The number of carboxylic acids is 1. The summed E-state index contributed by atoms with van der Waals surface area (Å²) in [5.74, 6) is -1.03. The molecule has 0 spiro atoms. The molecule has 0 radical (unpaired) electrons. The summed E-state index contributed by atoms with van der Waals surface area (Å²) in [6, 6.07) is 0.0286. The van der Waals surface area contributed by atoms with Crippen molar-refractivity contribution >= 4 is 28.8 Å². The van der Waals surface area contributed by atoms with Crippen molar-refractivity contribution in [2.45, 2.75) is 58.4 Å². The normalized spacial score (nSPS) is 17.8. The zero-order valence-corrected chi connectivity index (χ0v) is 13.7. The largest absolute Gasteiger partial charge is 0.480 e. The lowest BCUT2D eigenvalue weighted by atomic mass is 10.0. The van der Waals surface area contributed by atoms with E-state index in [1.165, 1.54) is 11.8 Å². The van der Waals surface area contributed by atoms with Crippen molar-refractivity contribution in [1.29, 1.82) is 0 Å². The van der Waals surface area contributed by atoms with Gasteiger partial charge in [-0.1, -0.05) is 44.4 Å². The molecule has 1 unspecified atom stereocenters. The number of hydrogen-bond donors (Lipinski definition) is 1. The van der Waals surface area contributed by atoms with Crippen LogP contribution in [0.1, 0.15) is 52.4 Å². The number of nitrogens with zero attached hydrogens (tertiary/aromatic N) is 1. The van der Waals surface area contributed by atoms with Gasteiger partial charge in [0.25, 0.3) is 0 Å². The standard InChI is InChI=1S/C15H25NO4S/c1-11(10-21-12(2)17)15(20)16(9-14(18)19)13-7-5-3-4-6-8-13/h11,13H,3-10H2,1-2H3,(H,18,19). The quantitative estimate of drug-likeness (QED) is 0.762. The third-order valence-corrected chi connectivity index (χ3v) is 4.89. The number of hydrogen-bond acceptors (Lipinski definition) is 4. The van der Waals surface area contributed by atoms with Gasteiger partial charge in [-0.05, 0) is 12.8 Å². The van der Waals surface area contributed by atoms with Gasteiger partial charge in [0.15, 0.2) is 5.12 Å². The number of rotatable bonds is 6. The van der Waals surface area contributed by atoms with Crippen LogP contribution in [0.2, 0.25) is 0 Å².